The Morgan fingerprint density at radius 1 is 1.33 bits per heavy atom. The molecule has 1 aliphatic carbocycles. The number of piperidine rings is 1. The molecule has 1 saturated heterocycles. The Morgan fingerprint density at radius 3 is 2.56 bits per heavy atom. The fraction of sp³-hybridized carbons (Fsp3) is 0.929. The van der Waals surface area contributed by atoms with Crippen molar-refractivity contribution >= 4 is 6.09 Å². The van der Waals surface area contributed by atoms with Crippen LogP contribution in [0, 0.1) is 5.92 Å². The van der Waals surface area contributed by atoms with Gasteiger partial charge in [-0.15, -0.1) is 0 Å². The van der Waals surface area contributed by atoms with Gasteiger partial charge in [-0.25, -0.2) is 4.79 Å². The van der Waals surface area contributed by atoms with Gasteiger partial charge in [-0.1, -0.05) is 0 Å². The average molecular weight is 254 g/mol. The highest BCUT2D eigenvalue weighted by Crippen LogP contribution is 2.30. The van der Waals surface area contributed by atoms with Gasteiger partial charge in [-0.2, -0.15) is 0 Å². The van der Waals surface area contributed by atoms with Gasteiger partial charge in [0.05, 0.1) is 0 Å². The zero-order chi connectivity index (χ0) is 13.2. The monoisotopic (exact) mass is 254 g/mol. The molecule has 2 fully saturated rings. The zero-order valence-electron chi connectivity index (χ0n) is 11.9. The number of rotatable bonds is 3. The molecule has 1 N–H and O–H groups in total. The van der Waals surface area contributed by atoms with Crippen molar-refractivity contribution in [3.05, 3.63) is 0 Å². The van der Waals surface area contributed by atoms with Crippen molar-refractivity contribution in [2.24, 2.45) is 5.92 Å². The first-order valence-corrected chi connectivity index (χ1v) is 7.16. The van der Waals surface area contributed by atoms with Gasteiger partial charge >= 0.3 is 6.09 Å². The van der Waals surface area contributed by atoms with Crippen LogP contribution < -0.4 is 5.32 Å². The fourth-order valence-corrected chi connectivity index (χ4v) is 2.44. The van der Waals surface area contributed by atoms with Crippen LogP contribution in [0.2, 0.25) is 0 Å². The Balaban J connectivity index is 1.88. The second kappa shape index (κ2) is 5.47. The second-order valence-corrected chi connectivity index (χ2v) is 6.58. The average Bonchev–Trinajstić information content (AvgIpc) is 3.08. The van der Waals surface area contributed by atoms with Crippen molar-refractivity contribution < 1.29 is 9.53 Å². The van der Waals surface area contributed by atoms with Crippen molar-refractivity contribution in [2.45, 2.75) is 58.1 Å². The van der Waals surface area contributed by atoms with E-state index in [0.717, 1.165) is 32.5 Å². The third kappa shape index (κ3) is 4.16. The molecule has 0 aromatic rings. The van der Waals surface area contributed by atoms with Gasteiger partial charge < -0.3 is 15.0 Å². The quantitative estimate of drug-likeness (QED) is 0.841. The van der Waals surface area contributed by atoms with E-state index in [2.05, 4.69) is 5.32 Å². The topological polar surface area (TPSA) is 41.6 Å². The maximum Gasteiger partial charge on any atom is 0.410 e. The molecule has 1 heterocycles. The number of hydrogen-bond donors (Lipinski definition) is 1. The standard InChI is InChI=1S/C14H26N2O2/c1-14(2,3)18-13(17)16(12-6-7-12)10-11-5-4-8-15-9-11/h11-12,15H,4-10H2,1-3H3. The Labute approximate surface area is 110 Å². The molecule has 0 radical (unpaired) electrons. The molecule has 1 aliphatic heterocycles. The van der Waals surface area contributed by atoms with E-state index in [9.17, 15) is 4.79 Å². The number of amides is 1. The lowest BCUT2D eigenvalue weighted by atomic mass is 9.99. The van der Waals surface area contributed by atoms with Gasteiger partial charge in [0.1, 0.15) is 5.60 Å². The molecule has 1 saturated carbocycles. The number of hydrogen-bond acceptors (Lipinski definition) is 3. The summed E-state index contributed by atoms with van der Waals surface area (Å²) in [5, 5.41) is 3.41. The molecule has 0 aromatic heterocycles. The largest absolute Gasteiger partial charge is 0.444 e. The summed E-state index contributed by atoms with van der Waals surface area (Å²) in [6.07, 6.45) is 4.59. The van der Waals surface area contributed by atoms with Crippen LogP contribution in [0.3, 0.4) is 0 Å². The summed E-state index contributed by atoms with van der Waals surface area (Å²) in [7, 11) is 0. The molecular weight excluding hydrogens is 228 g/mol. The molecule has 0 bridgehead atoms. The van der Waals surface area contributed by atoms with Gasteiger partial charge in [-0.3, -0.25) is 0 Å². The van der Waals surface area contributed by atoms with Crippen molar-refractivity contribution in [2.75, 3.05) is 19.6 Å². The van der Waals surface area contributed by atoms with Crippen molar-refractivity contribution in [1.29, 1.82) is 0 Å². The highest BCUT2D eigenvalue weighted by molar-refractivity contribution is 5.69. The zero-order valence-corrected chi connectivity index (χ0v) is 11.9. The minimum absolute atomic E-state index is 0.129. The summed E-state index contributed by atoms with van der Waals surface area (Å²) in [5.41, 5.74) is -0.394. The number of carbonyl (C=O) groups is 1. The SMILES string of the molecule is CC(C)(C)OC(=O)N(CC1CCCNC1)C1CC1. The molecule has 4 nitrogen and oxygen atoms in total. The van der Waals surface area contributed by atoms with E-state index in [4.69, 9.17) is 4.74 Å². The molecule has 4 heteroatoms. The third-order valence-corrected chi connectivity index (χ3v) is 3.47. The third-order valence-electron chi connectivity index (χ3n) is 3.47. The smallest absolute Gasteiger partial charge is 0.410 e. The highest BCUT2D eigenvalue weighted by Gasteiger charge is 2.36. The van der Waals surface area contributed by atoms with E-state index < -0.39 is 5.60 Å². The van der Waals surface area contributed by atoms with Gasteiger partial charge in [0.25, 0.3) is 0 Å². The molecule has 2 aliphatic rings. The van der Waals surface area contributed by atoms with E-state index in [1.54, 1.807) is 0 Å². The Hall–Kier alpha value is -0.770. The Kier molecular flexibility index (Phi) is 4.15. The van der Waals surface area contributed by atoms with E-state index >= 15 is 0 Å². The van der Waals surface area contributed by atoms with Crippen molar-refractivity contribution in [1.82, 2.24) is 10.2 Å². The maximum absolute atomic E-state index is 12.2. The molecule has 1 amide bonds. The van der Waals surface area contributed by atoms with E-state index in [-0.39, 0.29) is 6.09 Å². The van der Waals surface area contributed by atoms with E-state index in [1.165, 1.54) is 12.8 Å². The molecule has 18 heavy (non-hydrogen) atoms. The van der Waals surface area contributed by atoms with Crippen LogP contribution in [0.15, 0.2) is 0 Å². The molecule has 1 atom stereocenters. The second-order valence-electron chi connectivity index (χ2n) is 6.58. The minimum Gasteiger partial charge on any atom is -0.444 e. The molecule has 2 rings (SSSR count). The van der Waals surface area contributed by atoms with Crippen LogP contribution in [0.1, 0.15) is 46.5 Å². The highest BCUT2D eigenvalue weighted by atomic mass is 16.6. The summed E-state index contributed by atoms with van der Waals surface area (Å²) < 4.78 is 5.51. The summed E-state index contributed by atoms with van der Waals surface area (Å²) in [5.74, 6) is 0.590. The van der Waals surface area contributed by atoms with Gasteiger partial charge in [0.2, 0.25) is 0 Å². The lowest BCUT2D eigenvalue weighted by molar-refractivity contribution is 0.0195. The maximum atomic E-state index is 12.2. The fourth-order valence-electron chi connectivity index (χ4n) is 2.44. The predicted octanol–water partition coefficient (Wildman–Crippen LogP) is 2.39. The molecule has 1 unspecified atom stereocenters. The van der Waals surface area contributed by atoms with Crippen molar-refractivity contribution in [3.63, 3.8) is 0 Å². The minimum atomic E-state index is -0.394. The van der Waals surface area contributed by atoms with E-state index in [0.29, 0.717) is 12.0 Å². The predicted molar refractivity (Wildman–Crippen MR) is 71.6 cm³/mol. The first-order valence-electron chi connectivity index (χ1n) is 7.16. The Bertz CT molecular complexity index is 289. The van der Waals surface area contributed by atoms with Crippen LogP contribution in [0.4, 0.5) is 4.79 Å². The van der Waals surface area contributed by atoms with Crippen LogP contribution in [0.5, 0.6) is 0 Å². The lowest BCUT2D eigenvalue weighted by Gasteiger charge is -2.32. The lowest BCUT2D eigenvalue weighted by Crippen LogP contribution is -2.44. The van der Waals surface area contributed by atoms with E-state index in [1.807, 2.05) is 25.7 Å². The number of nitrogens with zero attached hydrogens (tertiary/aromatic N) is 1. The first kappa shape index (κ1) is 13.7. The first-order chi connectivity index (χ1) is 8.46. The summed E-state index contributed by atoms with van der Waals surface area (Å²) >= 11 is 0. The Morgan fingerprint density at radius 2 is 2.06 bits per heavy atom. The number of nitrogens with one attached hydrogen (secondary N) is 1. The number of carbonyl (C=O) groups excluding carboxylic acids is 1. The van der Waals surface area contributed by atoms with Crippen LogP contribution in [0.25, 0.3) is 0 Å². The van der Waals surface area contributed by atoms with Gasteiger partial charge in [0.15, 0.2) is 0 Å². The molecule has 0 aromatic carbocycles. The summed E-state index contributed by atoms with van der Waals surface area (Å²) in [4.78, 5) is 14.2. The summed E-state index contributed by atoms with van der Waals surface area (Å²) in [6.45, 7) is 8.79. The molecular formula is C14H26N2O2. The van der Waals surface area contributed by atoms with Gasteiger partial charge in [-0.05, 0) is 65.5 Å². The van der Waals surface area contributed by atoms with Crippen LogP contribution >= 0.6 is 0 Å². The van der Waals surface area contributed by atoms with Gasteiger partial charge in [0, 0.05) is 12.6 Å². The molecule has 104 valence electrons. The van der Waals surface area contributed by atoms with Crippen LogP contribution in [-0.4, -0.2) is 42.3 Å². The van der Waals surface area contributed by atoms with Crippen LogP contribution in [-0.2, 0) is 4.74 Å². The molecule has 0 spiro atoms. The van der Waals surface area contributed by atoms with Crippen molar-refractivity contribution in [3.8, 4) is 0 Å². The number of ether oxygens (including phenoxy) is 1. The normalized spacial score (nSPS) is 24.7. The summed E-state index contributed by atoms with van der Waals surface area (Å²) in [6, 6.07) is 0.432.